The highest BCUT2D eigenvalue weighted by Gasteiger charge is 2.09. The molecule has 5 heteroatoms. The quantitative estimate of drug-likeness (QED) is 0.465. The third kappa shape index (κ3) is 4.51. The molecule has 0 heterocycles. The molecule has 0 atom stereocenters. The Morgan fingerprint density at radius 3 is 2.71 bits per heavy atom. The molecule has 94 valence electrons. The summed E-state index contributed by atoms with van der Waals surface area (Å²) >= 11 is 2.17. The maximum atomic E-state index is 10.8. The third-order valence-electron chi connectivity index (χ3n) is 2.02. The highest BCUT2D eigenvalue weighted by atomic mass is 127. The molecule has 1 rings (SSSR count). The van der Waals surface area contributed by atoms with E-state index in [1.54, 1.807) is 7.11 Å². The Bertz CT molecular complexity index is 404. The lowest BCUT2D eigenvalue weighted by atomic mass is 10.1. The smallest absolute Gasteiger partial charge is 0.302 e. The largest absolute Gasteiger partial charge is 0.466 e. The summed E-state index contributed by atoms with van der Waals surface area (Å²) in [5.74, 6) is 0.455. The van der Waals surface area contributed by atoms with Gasteiger partial charge in [-0.1, -0.05) is 6.07 Å². The molecule has 0 unspecified atom stereocenters. The van der Waals surface area contributed by atoms with E-state index < -0.39 is 0 Å². The summed E-state index contributed by atoms with van der Waals surface area (Å²) in [5, 5.41) is 0. The zero-order valence-electron chi connectivity index (χ0n) is 10.1. The fourth-order valence-electron chi connectivity index (χ4n) is 1.32. The molecule has 17 heavy (non-hydrogen) atoms. The number of esters is 1. The van der Waals surface area contributed by atoms with Crippen molar-refractivity contribution in [3.05, 3.63) is 26.8 Å². The Labute approximate surface area is 114 Å². The Balaban J connectivity index is 2.88. The molecule has 0 aliphatic heterocycles. The molecule has 0 saturated carbocycles. The molecule has 0 saturated heterocycles. The van der Waals surface area contributed by atoms with Crippen molar-refractivity contribution < 1.29 is 19.0 Å². The van der Waals surface area contributed by atoms with E-state index in [1.165, 1.54) is 6.92 Å². The second kappa shape index (κ2) is 6.80. The number of methoxy groups -OCH3 is 1. The van der Waals surface area contributed by atoms with Gasteiger partial charge in [0.25, 0.3) is 0 Å². The van der Waals surface area contributed by atoms with Crippen LogP contribution in [0.4, 0.5) is 0 Å². The molecular weight excluding hydrogens is 335 g/mol. The zero-order chi connectivity index (χ0) is 12.8. The zero-order valence-corrected chi connectivity index (χ0v) is 12.2. The van der Waals surface area contributed by atoms with E-state index in [1.807, 2.05) is 19.1 Å². The number of halogens is 1. The average molecular weight is 350 g/mol. The number of aryl methyl sites for hydroxylation is 1. The van der Waals surface area contributed by atoms with Crippen LogP contribution >= 0.6 is 22.6 Å². The first-order valence-electron chi connectivity index (χ1n) is 5.08. The molecule has 1 aromatic rings. The van der Waals surface area contributed by atoms with Crippen molar-refractivity contribution >= 4 is 28.6 Å². The molecule has 0 spiro atoms. The van der Waals surface area contributed by atoms with E-state index in [0.29, 0.717) is 0 Å². The summed E-state index contributed by atoms with van der Waals surface area (Å²) in [6, 6.07) is 3.91. The number of benzene rings is 1. The Morgan fingerprint density at radius 2 is 2.12 bits per heavy atom. The lowest BCUT2D eigenvalue weighted by Gasteiger charge is -2.12. The molecule has 0 fully saturated rings. The van der Waals surface area contributed by atoms with Gasteiger partial charge in [-0.3, -0.25) is 4.79 Å². The predicted octanol–water partition coefficient (Wildman–Crippen LogP) is 2.65. The second-order valence-electron chi connectivity index (χ2n) is 3.57. The fraction of sp³-hybridized carbons (Fsp3) is 0.417. The van der Waals surface area contributed by atoms with Crippen LogP contribution < -0.4 is 4.74 Å². The molecule has 4 nitrogen and oxygen atoms in total. The number of hydrogen-bond acceptors (Lipinski definition) is 4. The number of carbonyl (C=O) groups excluding carboxylic acids is 1. The predicted molar refractivity (Wildman–Crippen MR) is 71.9 cm³/mol. The summed E-state index contributed by atoms with van der Waals surface area (Å²) in [7, 11) is 1.57. The summed E-state index contributed by atoms with van der Waals surface area (Å²) in [6.45, 7) is 3.82. The van der Waals surface area contributed by atoms with Crippen molar-refractivity contribution in [3.63, 3.8) is 0 Å². The van der Waals surface area contributed by atoms with Crippen LogP contribution in [0, 0.1) is 10.5 Å². The minimum Gasteiger partial charge on any atom is -0.466 e. The molecule has 0 amide bonds. The van der Waals surface area contributed by atoms with Crippen LogP contribution in [0.25, 0.3) is 0 Å². The van der Waals surface area contributed by atoms with Crippen LogP contribution in [0.2, 0.25) is 0 Å². The van der Waals surface area contributed by atoms with Crippen LogP contribution in [-0.4, -0.2) is 19.9 Å². The van der Waals surface area contributed by atoms with Gasteiger partial charge in [0.15, 0.2) is 6.79 Å². The fourth-order valence-corrected chi connectivity index (χ4v) is 1.94. The van der Waals surface area contributed by atoms with Gasteiger partial charge in [0.1, 0.15) is 12.4 Å². The van der Waals surface area contributed by atoms with E-state index in [4.69, 9.17) is 14.2 Å². The third-order valence-corrected chi connectivity index (χ3v) is 3.25. The van der Waals surface area contributed by atoms with Crippen molar-refractivity contribution in [3.8, 4) is 5.75 Å². The van der Waals surface area contributed by atoms with Crippen LogP contribution in [-0.2, 0) is 20.9 Å². The SMILES string of the molecule is COCOc1cc(C)cc(COC(C)=O)c1I. The standard InChI is InChI=1S/C12H15IO4/c1-8-4-10(6-16-9(2)14)12(13)11(5-8)17-7-15-3/h4-5H,6-7H2,1-3H3. The van der Waals surface area contributed by atoms with Gasteiger partial charge in [-0.25, -0.2) is 0 Å². The van der Waals surface area contributed by atoms with Gasteiger partial charge in [0, 0.05) is 19.6 Å². The number of rotatable bonds is 5. The van der Waals surface area contributed by atoms with E-state index in [0.717, 1.165) is 20.4 Å². The van der Waals surface area contributed by atoms with Crippen molar-refractivity contribution in [2.24, 2.45) is 0 Å². The number of hydrogen-bond donors (Lipinski definition) is 0. The highest BCUT2D eigenvalue weighted by Crippen LogP contribution is 2.27. The first-order chi connectivity index (χ1) is 8.04. The lowest BCUT2D eigenvalue weighted by Crippen LogP contribution is -2.05. The van der Waals surface area contributed by atoms with Crippen LogP contribution in [0.1, 0.15) is 18.1 Å². The molecular formula is C12H15IO4. The van der Waals surface area contributed by atoms with Gasteiger partial charge in [0.2, 0.25) is 0 Å². The Kier molecular flexibility index (Phi) is 5.70. The first kappa shape index (κ1) is 14.2. The normalized spacial score (nSPS) is 10.1. The van der Waals surface area contributed by atoms with Crippen LogP contribution in [0.3, 0.4) is 0 Å². The van der Waals surface area contributed by atoms with E-state index in [2.05, 4.69) is 22.6 Å². The van der Waals surface area contributed by atoms with Gasteiger partial charge in [-0.05, 0) is 41.1 Å². The molecule has 0 radical (unpaired) electrons. The minimum atomic E-state index is -0.290. The van der Waals surface area contributed by atoms with E-state index in [9.17, 15) is 4.79 Å². The molecule has 0 bridgehead atoms. The second-order valence-corrected chi connectivity index (χ2v) is 4.65. The molecule has 0 N–H and O–H groups in total. The average Bonchev–Trinajstić information content (AvgIpc) is 2.27. The van der Waals surface area contributed by atoms with Crippen molar-refractivity contribution in [2.75, 3.05) is 13.9 Å². The minimum absolute atomic E-state index is 0.201. The maximum absolute atomic E-state index is 10.8. The summed E-state index contributed by atoms with van der Waals surface area (Å²) in [4.78, 5) is 10.8. The summed E-state index contributed by atoms with van der Waals surface area (Å²) in [5.41, 5.74) is 1.99. The van der Waals surface area contributed by atoms with Gasteiger partial charge in [-0.15, -0.1) is 0 Å². The summed E-state index contributed by atoms with van der Waals surface area (Å²) in [6.07, 6.45) is 0. The van der Waals surface area contributed by atoms with Gasteiger partial charge < -0.3 is 14.2 Å². The van der Waals surface area contributed by atoms with Gasteiger partial charge in [-0.2, -0.15) is 0 Å². The summed E-state index contributed by atoms with van der Waals surface area (Å²) < 4.78 is 16.2. The maximum Gasteiger partial charge on any atom is 0.302 e. The number of ether oxygens (including phenoxy) is 3. The Hall–Kier alpha value is -0.820. The van der Waals surface area contributed by atoms with E-state index in [-0.39, 0.29) is 19.4 Å². The van der Waals surface area contributed by atoms with E-state index >= 15 is 0 Å². The molecule has 1 aromatic carbocycles. The Morgan fingerprint density at radius 1 is 1.41 bits per heavy atom. The van der Waals surface area contributed by atoms with Crippen LogP contribution in [0.5, 0.6) is 5.75 Å². The molecule has 0 aromatic heterocycles. The van der Waals surface area contributed by atoms with Crippen LogP contribution in [0.15, 0.2) is 12.1 Å². The highest BCUT2D eigenvalue weighted by molar-refractivity contribution is 14.1. The van der Waals surface area contributed by atoms with Crippen molar-refractivity contribution in [1.82, 2.24) is 0 Å². The van der Waals surface area contributed by atoms with Crippen molar-refractivity contribution in [1.29, 1.82) is 0 Å². The molecule has 0 aliphatic rings. The first-order valence-corrected chi connectivity index (χ1v) is 6.16. The van der Waals surface area contributed by atoms with Gasteiger partial charge in [0.05, 0.1) is 3.57 Å². The van der Waals surface area contributed by atoms with Crippen molar-refractivity contribution in [2.45, 2.75) is 20.5 Å². The lowest BCUT2D eigenvalue weighted by molar-refractivity contribution is -0.142. The van der Waals surface area contributed by atoms with Gasteiger partial charge >= 0.3 is 5.97 Å². The number of carbonyl (C=O) groups is 1. The molecule has 0 aliphatic carbocycles. The monoisotopic (exact) mass is 350 g/mol. The topological polar surface area (TPSA) is 44.8 Å².